The second-order valence-corrected chi connectivity index (χ2v) is 12.5. The monoisotopic (exact) mass is 622 g/mol. The van der Waals surface area contributed by atoms with Crippen molar-refractivity contribution in [3.8, 4) is 45.6 Å². The van der Waals surface area contributed by atoms with Crippen molar-refractivity contribution in [3.05, 3.63) is 133 Å². The molecule has 0 spiro atoms. The molecule has 6 nitrogen and oxygen atoms in total. The first-order valence-corrected chi connectivity index (χ1v) is 16.1. The highest BCUT2D eigenvalue weighted by molar-refractivity contribution is 7.25. The predicted molar refractivity (Wildman–Crippen MR) is 189 cm³/mol. The Morgan fingerprint density at radius 3 is 2.06 bits per heavy atom. The lowest BCUT2D eigenvalue weighted by atomic mass is 10.0. The number of furan rings is 1. The Labute approximate surface area is 271 Å². The number of thiophene rings is 1. The third-order valence-corrected chi connectivity index (χ3v) is 9.73. The highest BCUT2D eigenvalue weighted by Crippen LogP contribution is 2.40. The van der Waals surface area contributed by atoms with Gasteiger partial charge in [0.05, 0.1) is 0 Å². The molecule has 4 aromatic heterocycles. The summed E-state index contributed by atoms with van der Waals surface area (Å²) in [6.07, 6.45) is 0. The van der Waals surface area contributed by atoms with Gasteiger partial charge in [-0.05, 0) is 60.7 Å². The molecule has 0 N–H and O–H groups in total. The van der Waals surface area contributed by atoms with E-state index in [4.69, 9.17) is 28.8 Å². The quantitative estimate of drug-likeness (QED) is 0.194. The van der Waals surface area contributed by atoms with E-state index in [1.54, 1.807) is 11.3 Å². The van der Waals surface area contributed by atoms with Gasteiger partial charge in [-0.25, -0.2) is 19.9 Å². The molecule has 0 amide bonds. The van der Waals surface area contributed by atoms with E-state index in [9.17, 15) is 0 Å². The Hall–Kier alpha value is -6.18. The number of hydrogen-bond acceptors (Lipinski definition) is 7. The summed E-state index contributed by atoms with van der Waals surface area (Å²) in [5.41, 5.74) is 6.66. The number of aromatic nitrogens is 4. The largest absolute Gasteiger partial charge is 0.456 e. The number of nitrogens with zero attached hydrogens (tertiary/aromatic N) is 4. The van der Waals surface area contributed by atoms with E-state index in [2.05, 4.69) is 48.5 Å². The lowest BCUT2D eigenvalue weighted by Crippen LogP contribution is -2.00. The molecule has 0 radical (unpaired) electrons. The van der Waals surface area contributed by atoms with Crippen LogP contribution in [0.25, 0.3) is 98.8 Å². The zero-order valence-electron chi connectivity index (χ0n) is 24.7. The predicted octanol–water partition coefficient (Wildman–Crippen LogP) is 10.9. The molecule has 0 aliphatic rings. The van der Waals surface area contributed by atoms with Gasteiger partial charge in [-0.2, -0.15) is 0 Å². The maximum absolute atomic E-state index is 6.35. The zero-order valence-corrected chi connectivity index (χ0v) is 25.5. The van der Waals surface area contributed by atoms with E-state index in [1.165, 1.54) is 20.2 Å². The van der Waals surface area contributed by atoms with Crippen LogP contribution in [0.3, 0.4) is 0 Å². The minimum absolute atomic E-state index is 0.560. The number of benzene rings is 6. The lowest BCUT2D eigenvalue weighted by molar-refractivity contribution is 0.620. The van der Waals surface area contributed by atoms with Crippen LogP contribution >= 0.6 is 11.3 Å². The topological polar surface area (TPSA) is 77.8 Å². The van der Waals surface area contributed by atoms with Gasteiger partial charge in [-0.1, -0.05) is 72.8 Å². The fraction of sp³-hybridized carbons (Fsp3) is 0. The summed E-state index contributed by atoms with van der Waals surface area (Å²) in [5.74, 6) is 2.36. The molecule has 0 unspecified atom stereocenters. The van der Waals surface area contributed by atoms with Crippen LogP contribution < -0.4 is 0 Å². The van der Waals surface area contributed by atoms with Gasteiger partial charge in [-0.3, -0.25) is 0 Å². The Kier molecular flexibility index (Phi) is 5.64. The van der Waals surface area contributed by atoms with E-state index in [0.29, 0.717) is 23.4 Å². The van der Waals surface area contributed by atoms with Crippen molar-refractivity contribution < 1.29 is 8.83 Å². The third kappa shape index (κ3) is 4.25. The van der Waals surface area contributed by atoms with Crippen molar-refractivity contribution in [2.75, 3.05) is 0 Å². The van der Waals surface area contributed by atoms with Gasteiger partial charge in [0, 0.05) is 53.2 Å². The van der Waals surface area contributed by atoms with Crippen LogP contribution in [0.15, 0.2) is 142 Å². The highest BCUT2D eigenvalue weighted by atomic mass is 32.1. The minimum Gasteiger partial charge on any atom is -0.456 e. The number of fused-ring (bicyclic) bond motifs is 7. The maximum Gasteiger partial charge on any atom is 0.227 e. The smallest absolute Gasteiger partial charge is 0.227 e. The Morgan fingerprint density at radius 1 is 0.426 bits per heavy atom. The molecule has 6 aromatic carbocycles. The van der Waals surface area contributed by atoms with E-state index in [0.717, 1.165) is 55.3 Å². The molecular weight excluding hydrogens is 601 g/mol. The van der Waals surface area contributed by atoms with Gasteiger partial charge in [0.15, 0.2) is 23.1 Å². The summed E-state index contributed by atoms with van der Waals surface area (Å²) in [6.45, 7) is 0. The maximum atomic E-state index is 6.35. The number of para-hydroxylation sites is 2. The standard InChI is InChI=1S/C40H22N4O2S/c1-2-9-23(10-3-1)37-42-38(24-18-20-35-28(21-24)26-11-4-7-16-34(26)47-35)44-39(43-37)27-12-8-15-33-36(27)29-22-25(17-19-31(29)45-33)40-41-30-13-5-6-14-32(30)46-40/h1-22H. The zero-order chi connectivity index (χ0) is 30.9. The molecule has 47 heavy (non-hydrogen) atoms. The van der Waals surface area contributed by atoms with Gasteiger partial charge in [0.1, 0.15) is 16.7 Å². The number of hydrogen-bond donors (Lipinski definition) is 0. The summed E-state index contributed by atoms with van der Waals surface area (Å²) in [4.78, 5) is 19.9. The minimum atomic E-state index is 0.560. The Morgan fingerprint density at radius 2 is 1.15 bits per heavy atom. The van der Waals surface area contributed by atoms with Crippen molar-refractivity contribution >= 4 is 64.5 Å². The molecule has 0 saturated carbocycles. The first-order chi connectivity index (χ1) is 23.2. The van der Waals surface area contributed by atoms with Crippen LogP contribution in [0, 0.1) is 0 Å². The second-order valence-electron chi connectivity index (χ2n) is 11.5. The second kappa shape index (κ2) is 10.2. The summed E-state index contributed by atoms with van der Waals surface area (Å²) in [7, 11) is 0. The average Bonchev–Trinajstić information content (AvgIpc) is 3.84. The van der Waals surface area contributed by atoms with Crippen LogP contribution in [-0.2, 0) is 0 Å². The van der Waals surface area contributed by atoms with Crippen LogP contribution in [0.5, 0.6) is 0 Å². The molecule has 0 bridgehead atoms. The molecule has 220 valence electrons. The molecule has 0 atom stereocenters. The van der Waals surface area contributed by atoms with Gasteiger partial charge in [-0.15, -0.1) is 11.3 Å². The summed E-state index contributed by atoms with van der Waals surface area (Å²) in [5, 5.41) is 4.29. The van der Waals surface area contributed by atoms with E-state index in [-0.39, 0.29) is 0 Å². The summed E-state index contributed by atoms with van der Waals surface area (Å²) < 4.78 is 15.0. The normalized spacial score (nSPS) is 11.8. The van der Waals surface area contributed by atoms with Crippen LogP contribution in [0.4, 0.5) is 0 Å². The van der Waals surface area contributed by atoms with Crippen molar-refractivity contribution in [1.82, 2.24) is 19.9 Å². The van der Waals surface area contributed by atoms with Crippen molar-refractivity contribution in [1.29, 1.82) is 0 Å². The van der Waals surface area contributed by atoms with Crippen molar-refractivity contribution in [2.24, 2.45) is 0 Å². The molecule has 0 aliphatic carbocycles. The summed E-state index contributed by atoms with van der Waals surface area (Å²) in [6, 6.07) is 44.8. The molecular formula is C40H22N4O2S. The molecule has 0 saturated heterocycles. The molecule has 0 aliphatic heterocycles. The fourth-order valence-electron chi connectivity index (χ4n) is 6.35. The fourth-order valence-corrected chi connectivity index (χ4v) is 7.44. The van der Waals surface area contributed by atoms with Crippen LogP contribution in [0.1, 0.15) is 0 Å². The van der Waals surface area contributed by atoms with E-state index < -0.39 is 0 Å². The molecule has 10 aromatic rings. The van der Waals surface area contributed by atoms with Gasteiger partial charge < -0.3 is 8.83 Å². The molecule has 7 heteroatoms. The van der Waals surface area contributed by atoms with Crippen LogP contribution in [-0.4, -0.2) is 19.9 Å². The molecule has 0 fully saturated rings. The van der Waals surface area contributed by atoms with Crippen molar-refractivity contribution in [3.63, 3.8) is 0 Å². The Bertz CT molecular complexity index is 2780. The number of rotatable bonds is 4. The van der Waals surface area contributed by atoms with Gasteiger partial charge in [0.25, 0.3) is 0 Å². The van der Waals surface area contributed by atoms with Gasteiger partial charge in [0.2, 0.25) is 5.89 Å². The molecule has 10 rings (SSSR count). The first-order valence-electron chi connectivity index (χ1n) is 15.3. The van der Waals surface area contributed by atoms with Gasteiger partial charge >= 0.3 is 0 Å². The molecule has 4 heterocycles. The van der Waals surface area contributed by atoms with E-state index >= 15 is 0 Å². The Balaban J connectivity index is 1.19. The first kappa shape index (κ1) is 26.1. The average molecular weight is 623 g/mol. The van der Waals surface area contributed by atoms with E-state index in [1.807, 2.05) is 84.9 Å². The SMILES string of the molecule is c1ccc(-c2nc(-c3ccc4sc5ccccc5c4c3)nc(-c3cccc4oc5ccc(-c6nc7ccccc7o6)cc5c34)n2)cc1. The van der Waals surface area contributed by atoms with Crippen LogP contribution in [0.2, 0.25) is 0 Å². The lowest BCUT2D eigenvalue weighted by Gasteiger charge is -2.09. The third-order valence-electron chi connectivity index (χ3n) is 8.58. The highest BCUT2D eigenvalue weighted by Gasteiger charge is 2.19. The summed E-state index contributed by atoms with van der Waals surface area (Å²) >= 11 is 1.79. The number of oxazole rings is 1. The van der Waals surface area contributed by atoms with Crippen molar-refractivity contribution in [2.45, 2.75) is 0 Å².